The molecule has 0 N–H and O–H groups in total. The van der Waals surface area contributed by atoms with Crippen molar-refractivity contribution in [3.8, 4) is 11.4 Å². The number of hydrogen-bond donors (Lipinski definition) is 0. The number of carbonyl (C=O) groups is 1. The van der Waals surface area contributed by atoms with Crippen molar-refractivity contribution in [1.82, 2.24) is 19.2 Å². The summed E-state index contributed by atoms with van der Waals surface area (Å²) in [5, 5.41) is 4.19. The van der Waals surface area contributed by atoms with Crippen molar-refractivity contribution in [3.05, 3.63) is 75.9 Å². The van der Waals surface area contributed by atoms with Crippen molar-refractivity contribution in [2.45, 2.75) is 32.9 Å². The summed E-state index contributed by atoms with van der Waals surface area (Å²) < 4.78 is 15.0. The van der Waals surface area contributed by atoms with Crippen LogP contribution in [-0.4, -0.2) is 50.6 Å². The van der Waals surface area contributed by atoms with Gasteiger partial charge in [0.15, 0.2) is 0 Å². The highest BCUT2D eigenvalue weighted by molar-refractivity contribution is 9.10. The second kappa shape index (κ2) is 10.5. The first-order chi connectivity index (χ1) is 15.2. The molecule has 0 aliphatic rings. The summed E-state index contributed by atoms with van der Waals surface area (Å²) in [6, 6.07) is 16.7. The highest BCUT2D eigenvalue weighted by Crippen LogP contribution is 2.13. The lowest BCUT2D eigenvalue weighted by molar-refractivity contribution is 0.0217. The van der Waals surface area contributed by atoms with Gasteiger partial charge in [-0.15, -0.1) is 0 Å². The molecule has 0 radical (unpaired) electrons. The number of benzene rings is 2. The van der Waals surface area contributed by atoms with Crippen LogP contribution in [0.1, 0.15) is 20.8 Å². The Hall–Kier alpha value is -3.07. The summed E-state index contributed by atoms with van der Waals surface area (Å²) in [5.41, 5.74) is -0.197. The van der Waals surface area contributed by atoms with Gasteiger partial charge in [-0.2, -0.15) is 5.10 Å². The van der Waals surface area contributed by atoms with Gasteiger partial charge in [-0.3, -0.25) is 0 Å². The number of amides is 1. The van der Waals surface area contributed by atoms with E-state index in [1.807, 2.05) is 75.4 Å². The van der Waals surface area contributed by atoms with Gasteiger partial charge >= 0.3 is 11.8 Å². The maximum absolute atomic E-state index is 12.8. The van der Waals surface area contributed by atoms with Crippen molar-refractivity contribution in [2.24, 2.45) is 0 Å². The molecule has 0 unspecified atom stereocenters. The molecule has 0 aliphatic heterocycles. The number of hydrogen-bond acceptors (Lipinski definition) is 5. The number of carbonyl (C=O) groups excluding carboxylic acids is 1. The molecule has 170 valence electrons. The Balaban J connectivity index is 1.66. The van der Waals surface area contributed by atoms with E-state index < -0.39 is 11.7 Å². The van der Waals surface area contributed by atoms with E-state index in [1.54, 1.807) is 0 Å². The Morgan fingerprint density at radius 2 is 1.75 bits per heavy atom. The number of rotatable bonds is 8. The fraction of sp³-hybridized carbons (Fsp3) is 0.348. The predicted octanol–water partition coefficient (Wildman–Crippen LogP) is 4.11. The lowest BCUT2D eigenvalue weighted by atomic mass is 10.2. The van der Waals surface area contributed by atoms with Crippen LogP contribution in [0.5, 0.6) is 5.75 Å². The van der Waals surface area contributed by atoms with Gasteiger partial charge < -0.3 is 14.4 Å². The Morgan fingerprint density at radius 3 is 2.41 bits per heavy atom. The van der Waals surface area contributed by atoms with Crippen LogP contribution in [0.2, 0.25) is 0 Å². The minimum atomic E-state index is -0.629. The van der Waals surface area contributed by atoms with Gasteiger partial charge in [0.05, 0.1) is 18.8 Å². The van der Waals surface area contributed by atoms with Gasteiger partial charge in [0.2, 0.25) is 0 Å². The smallest absolute Gasteiger partial charge is 0.410 e. The van der Waals surface area contributed by atoms with Crippen LogP contribution >= 0.6 is 15.9 Å². The summed E-state index contributed by atoms with van der Waals surface area (Å²) in [7, 11) is 0. The van der Waals surface area contributed by atoms with Gasteiger partial charge in [0, 0.05) is 11.0 Å². The van der Waals surface area contributed by atoms with Crippen molar-refractivity contribution in [2.75, 3.05) is 19.7 Å². The topological polar surface area (TPSA) is 78.6 Å². The number of nitrogens with zero attached hydrogens (tertiary/aromatic N) is 4. The van der Waals surface area contributed by atoms with Crippen LogP contribution in [0.3, 0.4) is 0 Å². The lowest BCUT2D eigenvalue weighted by Gasteiger charge is -2.27. The Bertz CT molecular complexity index is 1070. The van der Waals surface area contributed by atoms with Gasteiger partial charge in [-0.05, 0) is 57.2 Å². The third-order valence-electron chi connectivity index (χ3n) is 4.44. The second-order valence-corrected chi connectivity index (χ2v) is 9.03. The molecular weight excluding hydrogens is 476 g/mol. The van der Waals surface area contributed by atoms with Gasteiger partial charge in [-0.25, -0.2) is 18.8 Å². The van der Waals surface area contributed by atoms with Crippen molar-refractivity contribution < 1.29 is 14.3 Å². The molecule has 0 saturated carbocycles. The Kier molecular flexibility index (Phi) is 7.74. The number of para-hydroxylation sites is 1. The summed E-state index contributed by atoms with van der Waals surface area (Å²) >= 11 is 3.38. The van der Waals surface area contributed by atoms with Gasteiger partial charge in [0.25, 0.3) is 0 Å². The van der Waals surface area contributed by atoms with Crippen LogP contribution in [-0.2, 0) is 11.3 Å². The summed E-state index contributed by atoms with van der Waals surface area (Å²) in [5.74, 6) is 0.723. The predicted molar refractivity (Wildman–Crippen MR) is 125 cm³/mol. The highest BCUT2D eigenvalue weighted by atomic mass is 79.9. The van der Waals surface area contributed by atoms with E-state index >= 15 is 0 Å². The second-order valence-electron chi connectivity index (χ2n) is 8.11. The first-order valence-electron chi connectivity index (χ1n) is 10.3. The van der Waals surface area contributed by atoms with E-state index in [0.29, 0.717) is 18.8 Å². The fourth-order valence-electron chi connectivity index (χ4n) is 2.90. The first kappa shape index (κ1) is 23.6. The minimum Gasteiger partial charge on any atom is -0.492 e. The third kappa shape index (κ3) is 6.71. The normalized spacial score (nSPS) is 11.2. The molecule has 0 aliphatic carbocycles. The molecule has 0 bridgehead atoms. The van der Waals surface area contributed by atoms with Crippen molar-refractivity contribution in [3.63, 3.8) is 0 Å². The monoisotopic (exact) mass is 502 g/mol. The van der Waals surface area contributed by atoms with Crippen LogP contribution in [0, 0.1) is 0 Å². The van der Waals surface area contributed by atoms with Crippen LogP contribution in [0.4, 0.5) is 4.79 Å². The average molecular weight is 503 g/mol. The molecule has 1 amide bonds. The summed E-state index contributed by atoms with van der Waals surface area (Å²) in [4.78, 5) is 27.0. The molecule has 1 heterocycles. The minimum absolute atomic E-state index is 0.229. The molecule has 0 atom stereocenters. The standard InChI is InChI=1S/C23H27BrN4O4/c1-23(2,3)32-22(30)26(15-16-31-20-7-5-4-6-8-20)13-14-28-21(29)27(17-25-28)19-11-9-18(24)10-12-19/h4-12,17H,13-16H2,1-3H3. The van der Waals surface area contributed by atoms with Crippen molar-refractivity contribution >= 4 is 22.0 Å². The maximum atomic E-state index is 12.8. The van der Waals surface area contributed by atoms with E-state index in [-0.39, 0.29) is 18.8 Å². The van der Waals surface area contributed by atoms with E-state index in [2.05, 4.69) is 21.0 Å². The average Bonchev–Trinajstić information content (AvgIpc) is 3.11. The lowest BCUT2D eigenvalue weighted by Crippen LogP contribution is -2.41. The van der Waals surface area contributed by atoms with E-state index in [1.165, 1.54) is 20.5 Å². The fourth-order valence-corrected chi connectivity index (χ4v) is 3.16. The Morgan fingerprint density at radius 1 is 1.06 bits per heavy atom. The van der Waals surface area contributed by atoms with Crippen LogP contribution < -0.4 is 10.4 Å². The third-order valence-corrected chi connectivity index (χ3v) is 4.97. The summed E-state index contributed by atoms with van der Waals surface area (Å²) in [6.07, 6.45) is 1.01. The largest absolute Gasteiger partial charge is 0.492 e. The van der Waals surface area contributed by atoms with E-state index in [0.717, 1.165) is 10.2 Å². The van der Waals surface area contributed by atoms with E-state index in [4.69, 9.17) is 9.47 Å². The number of aromatic nitrogens is 3. The molecule has 3 aromatic rings. The number of halogens is 1. The Labute approximate surface area is 195 Å². The molecule has 8 nitrogen and oxygen atoms in total. The van der Waals surface area contributed by atoms with Crippen LogP contribution in [0.15, 0.2) is 70.2 Å². The molecule has 0 saturated heterocycles. The molecule has 0 fully saturated rings. The van der Waals surface area contributed by atoms with Crippen LogP contribution in [0.25, 0.3) is 5.69 Å². The molecule has 2 aromatic carbocycles. The zero-order valence-electron chi connectivity index (χ0n) is 18.4. The molecular formula is C23H27BrN4O4. The van der Waals surface area contributed by atoms with Gasteiger partial charge in [0.1, 0.15) is 24.3 Å². The quantitative estimate of drug-likeness (QED) is 0.463. The molecule has 3 rings (SSSR count). The highest BCUT2D eigenvalue weighted by Gasteiger charge is 2.22. The molecule has 32 heavy (non-hydrogen) atoms. The molecule has 0 spiro atoms. The molecule has 9 heteroatoms. The summed E-state index contributed by atoms with van der Waals surface area (Å²) in [6.45, 7) is 6.53. The van der Waals surface area contributed by atoms with E-state index in [9.17, 15) is 9.59 Å². The SMILES string of the molecule is CC(C)(C)OC(=O)N(CCOc1ccccc1)CCn1ncn(-c2ccc(Br)cc2)c1=O. The molecule has 1 aromatic heterocycles. The first-order valence-corrected chi connectivity index (χ1v) is 11.1. The van der Waals surface area contributed by atoms with Gasteiger partial charge in [-0.1, -0.05) is 34.1 Å². The zero-order chi connectivity index (χ0) is 23.1. The zero-order valence-corrected chi connectivity index (χ0v) is 20.0. The number of ether oxygens (including phenoxy) is 2. The maximum Gasteiger partial charge on any atom is 0.410 e. The van der Waals surface area contributed by atoms with Crippen molar-refractivity contribution in [1.29, 1.82) is 0 Å².